The highest BCUT2D eigenvalue weighted by Gasteiger charge is 2.46. The molecule has 0 bridgehead atoms. The van der Waals surface area contributed by atoms with Crippen molar-refractivity contribution in [3.63, 3.8) is 0 Å². The van der Waals surface area contributed by atoms with Gasteiger partial charge in [0, 0.05) is 12.1 Å². The summed E-state index contributed by atoms with van der Waals surface area (Å²) < 4.78 is 0. The lowest BCUT2D eigenvalue weighted by Gasteiger charge is -2.33. The summed E-state index contributed by atoms with van der Waals surface area (Å²) in [6, 6.07) is 14.9. The summed E-state index contributed by atoms with van der Waals surface area (Å²) in [6.45, 7) is 1.93. The molecule has 0 spiro atoms. The summed E-state index contributed by atoms with van der Waals surface area (Å²) in [5.74, 6) is -0.353. The van der Waals surface area contributed by atoms with Gasteiger partial charge in [-0.2, -0.15) is 0 Å². The van der Waals surface area contributed by atoms with Gasteiger partial charge in [-0.25, -0.2) is 0 Å². The van der Waals surface area contributed by atoms with Crippen LogP contribution in [0.4, 0.5) is 0 Å². The van der Waals surface area contributed by atoms with Crippen molar-refractivity contribution in [3.8, 4) is 0 Å². The molecule has 5 amide bonds. The Morgan fingerprint density at radius 1 is 0.820 bits per heavy atom. The van der Waals surface area contributed by atoms with E-state index in [1.54, 1.807) is 28.8 Å². The normalized spacial score (nSPS) is 25.1. The number of fused-ring (bicyclic) bond motifs is 1. The maximum Gasteiger partial charge on any atom is 0.247 e. The number of amides is 5. The first-order valence-corrected chi connectivity index (χ1v) is 18.8. The van der Waals surface area contributed by atoms with Crippen LogP contribution in [-0.2, 0) is 24.0 Å². The largest absolute Gasteiger partial charge is 0.367 e. The van der Waals surface area contributed by atoms with Crippen LogP contribution in [0.3, 0.4) is 0 Å². The van der Waals surface area contributed by atoms with Crippen molar-refractivity contribution >= 4 is 59.0 Å². The minimum atomic E-state index is -0.950. The maximum atomic E-state index is 14.0. The molecule has 50 heavy (non-hydrogen) atoms. The second kappa shape index (κ2) is 17.8. The molecule has 14 heteroatoms. The number of nitrogens with one attached hydrogen (secondary N) is 6. The van der Waals surface area contributed by atoms with Gasteiger partial charge in [0.1, 0.15) is 24.2 Å². The van der Waals surface area contributed by atoms with E-state index < -0.39 is 24.2 Å². The molecule has 2 aromatic carbocycles. The Morgan fingerprint density at radius 3 is 1.94 bits per heavy atom. The monoisotopic (exact) mass is 721 g/mol. The minimum Gasteiger partial charge on any atom is -0.367 e. The molecule has 1 saturated carbocycles. The van der Waals surface area contributed by atoms with Gasteiger partial charge in [0.05, 0.1) is 16.4 Å². The second-order valence-corrected chi connectivity index (χ2v) is 14.8. The smallest absolute Gasteiger partial charge is 0.247 e. The van der Waals surface area contributed by atoms with Gasteiger partial charge < -0.3 is 36.8 Å². The third-order valence-corrected chi connectivity index (χ3v) is 11.6. The molecule has 3 aliphatic rings. The van der Waals surface area contributed by atoms with Crippen LogP contribution in [-0.4, -0.2) is 88.3 Å². The summed E-state index contributed by atoms with van der Waals surface area (Å²) in [6.07, 6.45) is 4.88. The summed E-state index contributed by atoms with van der Waals surface area (Å²) in [4.78, 5) is 68.2. The molecule has 2 heterocycles. The molecule has 268 valence electrons. The summed E-state index contributed by atoms with van der Waals surface area (Å²) in [7, 11) is 1.81. The van der Waals surface area contributed by atoms with E-state index >= 15 is 0 Å². The van der Waals surface area contributed by atoms with Crippen molar-refractivity contribution in [3.05, 3.63) is 71.8 Å². The number of nitrogens with zero attached hydrogens (tertiary/aromatic N) is 1. The maximum absolute atomic E-state index is 14.0. The lowest BCUT2D eigenvalue weighted by atomic mass is 9.90. The first kappa shape index (κ1) is 37.3. The summed E-state index contributed by atoms with van der Waals surface area (Å²) in [5.41, 5.74) is 1.34. The summed E-state index contributed by atoms with van der Waals surface area (Å²) in [5, 5.41) is 18.0. The quantitative estimate of drug-likeness (QED) is 0.135. The molecule has 5 rings (SSSR count). The number of thioether (sulfide) groups is 1. The number of likely N-dealkylation sites (N-methyl/N-ethyl adjacent to an activating group) is 1. The Labute approximate surface area is 303 Å². The molecular weight excluding hydrogens is 675 g/mol. The summed E-state index contributed by atoms with van der Waals surface area (Å²) >= 11 is 7.19. The molecule has 2 aliphatic heterocycles. The van der Waals surface area contributed by atoms with Gasteiger partial charge in [-0.05, 0) is 75.8 Å². The highest BCUT2D eigenvalue weighted by Crippen LogP contribution is 2.36. The Balaban J connectivity index is 1.20. The van der Waals surface area contributed by atoms with E-state index in [0.717, 1.165) is 5.75 Å². The lowest BCUT2D eigenvalue weighted by Crippen LogP contribution is -2.56. The zero-order valence-corrected chi connectivity index (χ0v) is 30.1. The molecule has 1 unspecified atom stereocenters. The zero-order valence-electron chi connectivity index (χ0n) is 28.4. The minimum absolute atomic E-state index is 0.0983. The van der Waals surface area contributed by atoms with Crippen molar-refractivity contribution in [2.24, 2.45) is 0 Å². The first-order valence-electron chi connectivity index (χ1n) is 17.3. The third-order valence-electron chi connectivity index (χ3n) is 9.78. The fraction of sp³-hybridized carbons (Fsp3) is 0.500. The molecule has 0 radical (unpaired) electrons. The van der Waals surface area contributed by atoms with Crippen LogP contribution in [0.25, 0.3) is 0 Å². The highest BCUT2D eigenvalue weighted by atomic mass is 32.2. The van der Waals surface area contributed by atoms with E-state index in [0.29, 0.717) is 67.5 Å². The van der Waals surface area contributed by atoms with Crippen molar-refractivity contribution in [1.82, 2.24) is 36.8 Å². The number of carbonyl (C=O) groups is 5. The van der Waals surface area contributed by atoms with Crippen LogP contribution in [0.2, 0.25) is 0 Å². The number of hydrogen-bond donors (Lipinski definition) is 6. The van der Waals surface area contributed by atoms with Gasteiger partial charge in [-0.1, -0.05) is 72.9 Å². The predicted octanol–water partition coefficient (Wildman–Crippen LogP) is 2.22. The standard InChI is InChI=1S/C36H47N7O5S2/c1-22(37-2)35(49)41-27-19-20-50-29-18-17-28(43(29)36(27)48)32(45)42-31(24-11-7-4-8-12-24)34(47)40-26-15-13-25(14-16-26)39-33(46)30(38-21-44)23-9-5-3-6-10-23/h3-12,21-22,25-31,37H,13-20H2,1-2H3,(H,38,44)(H,39,46)(H,40,47)(H,41,49)(H,42,45)/t22-,25-,26-,27-,28-,29?,30-,31+/m0/s1. The first-order chi connectivity index (χ1) is 24.2. The Hall–Kier alpha value is -4.01. The SMILES string of the molecule is CN[C@@H](C)C(=S)N[C@H]1CCSC2CC[C@@H](C(=O)N[C@@H](C(=O)N[C@H]3CC[C@H](NC(=O)[C@@H](NC=O)c4ccccc4)CC3)c3ccccc3)N2C1=O. The highest BCUT2D eigenvalue weighted by molar-refractivity contribution is 7.99. The van der Waals surface area contributed by atoms with Gasteiger partial charge in [0.2, 0.25) is 30.0 Å². The van der Waals surface area contributed by atoms with Gasteiger partial charge in [0.15, 0.2) is 0 Å². The van der Waals surface area contributed by atoms with Crippen LogP contribution in [0, 0.1) is 0 Å². The van der Waals surface area contributed by atoms with E-state index in [9.17, 15) is 24.0 Å². The molecule has 6 atom stereocenters. The molecule has 6 N–H and O–H groups in total. The zero-order chi connectivity index (χ0) is 35.6. The molecular formula is C36H47N7O5S2. The van der Waals surface area contributed by atoms with Crippen LogP contribution in [0.1, 0.15) is 75.1 Å². The number of carbonyl (C=O) groups excluding carboxylic acids is 5. The average Bonchev–Trinajstić information content (AvgIpc) is 3.50. The Morgan fingerprint density at radius 2 is 1.38 bits per heavy atom. The van der Waals surface area contributed by atoms with Crippen LogP contribution >= 0.6 is 24.0 Å². The fourth-order valence-corrected chi connectivity index (χ4v) is 8.47. The molecule has 12 nitrogen and oxygen atoms in total. The fourth-order valence-electron chi connectivity index (χ4n) is 6.86. The predicted molar refractivity (Wildman–Crippen MR) is 197 cm³/mol. The topological polar surface area (TPSA) is 161 Å². The third kappa shape index (κ3) is 9.20. The molecule has 3 fully saturated rings. The van der Waals surface area contributed by atoms with Crippen molar-refractivity contribution in [2.45, 2.75) is 99.5 Å². The van der Waals surface area contributed by atoms with Gasteiger partial charge in [0.25, 0.3) is 0 Å². The van der Waals surface area contributed by atoms with E-state index in [1.807, 2.05) is 62.5 Å². The number of thiocarbonyl (C=S) groups is 1. The average molecular weight is 722 g/mol. The second-order valence-electron chi connectivity index (χ2n) is 13.1. The number of rotatable bonds is 13. The molecule has 0 aromatic heterocycles. The lowest BCUT2D eigenvalue weighted by molar-refractivity contribution is -0.141. The van der Waals surface area contributed by atoms with Gasteiger partial charge >= 0.3 is 0 Å². The molecule has 1 aliphatic carbocycles. The van der Waals surface area contributed by atoms with E-state index in [1.165, 1.54) is 0 Å². The van der Waals surface area contributed by atoms with Crippen molar-refractivity contribution < 1.29 is 24.0 Å². The van der Waals surface area contributed by atoms with Crippen LogP contribution in [0.15, 0.2) is 60.7 Å². The van der Waals surface area contributed by atoms with E-state index in [2.05, 4.69) is 31.9 Å². The van der Waals surface area contributed by atoms with Gasteiger partial charge in [-0.3, -0.25) is 24.0 Å². The molecule has 2 saturated heterocycles. The van der Waals surface area contributed by atoms with E-state index in [-0.39, 0.29) is 47.1 Å². The van der Waals surface area contributed by atoms with Crippen LogP contribution < -0.4 is 31.9 Å². The van der Waals surface area contributed by atoms with Crippen LogP contribution in [0.5, 0.6) is 0 Å². The van der Waals surface area contributed by atoms with Crippen molar-refractivity contribution in [1.29, 1.82) is 0 Å². The number of benzene rings is 2. The van der Waals surface area contributed by atoms with Crippen molar-refractivity contribution in [2.75, 3.05) is 12.8 Å². The number of hydrogen-bond acceptors (Lipinski definition) is 8. The van der Waals surface area contributed by atoms with Gasteiger partial charge in [-0.15, -0.1) is 11.8 Å². The Bertz CT molecular complexity index is 1510. The molecule has 2 aromatic rings. The Kier molecular flexibility index (Phi) is 13.2. The van der Waals surface area contributed by atoms with E-state index in [4.69, 9.17) is 12.2 Å².